The lowest BCUT2D eigenvalue weighted by molar-refractivity contribution is -0.890. The number of hydrogen-bond donors (Lipinski definition) is 1. The quantitative estimate of drug-likeness (QED) is 0.249. The highest BCUT2D eigenvalue weighted by molar-refractivity contribution is 4.49. The first-order valence-electron chi connectivity index (χ1n) is 9.64. The molecule has 0 fully saturated rings. The minimum absolute atomic E-state index is 0. The van der Waals surface area contributed by atoms with Crippen molar-refractivity contribution < 1.29 is 21.5 Å². The van der Waals surface area contributed by atoms with Crippen LogP contribution in [0.2, 0.25) is 0 Å². The number of unbranched alkanes of at least 4 members (excludes halogenated alkanes) is 13. The summed E-state index contributed by atoms with van der Waals surface area (Å²) in [7, 11) is 4.45. The average Bonchev–Trinajstić information content (AvgIpc) is 2.47. The first kappa shape index (κ1) is 24.6. The van der Waals surface area contributed by atoms with Gasteiger partial charge in [0.25, 0.3) is 0 Å². The van der Waals surface area contributed by atoms with E-state index in [4.69, 9.17) is 5.73 Å². The number of rotatable bonds is 16. The fourth-order valence-corrected chi connectivity index (χ4v) is 2.83. The molecule has 0 saturated heterocycles. The van der Waals surface area contributed by atoms with Crippen LogP contribution in [-0.2, 0) is 0 Å². The molecule has 0 rings (SSSR count). The van der Waals surface area contributed by atoms with Gasteiger partial charge in [0.05, 0.1) is 20.6 Å². The highest BCUT2D eigenvalue weighted by atomic mass is 79.9. The van der Waals surface area contributed by atoms with E-state index in [2.05, 4.69) is 21.0 Å². The van der Waals surface area contributed by atoms with Crippen molar-refractivity contribution in [2.45, 2.75) is 96.8 Å². The maximum atomic E-state index is 5.73. The average molecular weight is 379 g/mol. The molecule has 0 aromatic rings. The largest absolute Gasteiger partial charge is 1.00 e. The van der Waals surface area contributed by atoms with Crippen molar-refractivity contribution in [3.05, 3.63) is 0 Å². The molecule has 0 spiro atoms. The van der Waals surface area contributed by atoms with E-state index in [0.29, 0.717) is 0 Å². The van der Waals surface area contributed by atoms with Crippen LogP contribution in [0.25, 0.3) is 0 Å². The molecule has 0 bridgehead atoms. The third-order valence-electron chi connectivity index (χ3n) is 4.61. The van der Waals surface area contributed by atoms with Crippen LogP contribution < -0.4 is 22.7 Å². The van der Waals surface area contributed by atoms with E-state index in [9.17, 15) is 0 Å². The Kier molecular flexibility index (Phi) is 19.9. The van der Waals surface area contributed by atoms with Gasteiger partial charge in [-0.25, -0.2) is 0 Å². The molecule has 0 atom stereocenters. The van der Waals surface area contributed by atoms with Gasteiger partial charge in [0, 0.05) is 0 Å². The Balaban J connectivity index is 0. The summed E-state index contributed by atoms with van der Waals surface area (Å²) in [5.41, 5.74) is 5.73. The van der Waals surface area contributed by atoms with Crippen molar-refractivity contribution in [2.24, 2.45) is 5.73 Å². The summed E-state index contributed by atoms with van der Waals surface area (Å²) in [4.78, 5) is 0. The summed E-state index contributed by atoms with van der Waals surface area (Å²) in [6, 6.07) is 0. The Morgan fingerprint density at radius 1 is 0.591 bits per heavy atom. The molecule has 22 heavy (non-hydrogen) atoms. The second kappa shape index (κ2) is 17.7. The zero-order valence-electron chi connectivity index (χ0n) is 15.7. The van der Waals surface area contributed by atoms with Crippen LogP contribution in [0, 0.1) is 0 Å². The smallest absolute Gasteiger partial charge is 0.129 e. The summed E-state index contributed by atoms with van der Waals surface area (Å²) >= 11 is 0. The van der Waals surface area contributed by atoms with E-state index in [-0.39, 0.29) is 17.0 Å². The molecular weight excluding hydrogens is 336 g/mol. The third-order valence-corrected chi connectivity index (χ3v) is 4.61. The summed E-state index contributed by atoms with van der Waals surface area (Å²) in [5, 5.41) is 0. The van der Waals surface area contributed by atoms with Gasteiger partial charge in [0.15, 0.2) is 0 Å². The van der Waals surface area contributed by atoms with Crippen LogP contribution in [-0.4, -0.2) is 31.8 Å². The molecule has 136 valence electrons. The maximum absolute atomic E-state index is 5.73. The first-order valence-corrected chi connectivity index (χ1v) is 9.64. The van der Waals surface area contributed by atoms with Crippen molar-refractivity contribution in [1.82, 2.24) is 0 Å². The van der Waals surface area contributed by atoms with Crippen molar-refractivity contribution in [3.8, 4) is 0 Å². The molecule has 0 aliphatic heterocycles. The number of hydrogen-bond acceptors (Lipinski definition) is 1. The van der Waals surface area contributed by atoms with E-state index in [1.54, 1.807) is 0 Å². The zero-order chi connectivity index (χ0) is 15.8. The van der Waals surface area contributed by atoms with E-state index in [1.165, 1.54) is 96.4 Å². The summed E-state index contributed by atoms with van der Waals surface area (Å²) < 4.78 is 0.970. The molecule has 0 amide bonds. The van der Waals surface area contributed by atoms with Crippen molar-refractivity contribution in [3.63, 3.8) is 0 Å². The first-order chi connectivity index (χ1) is 10.1. The van der Waals surface area contributed by atoms with Gasteiger partial charge in [-0.15, -0.1) is 0 Å². The minimum atomic E-state index is 0. The number of quaternary nitrogens is 1. The Morgan fingerprint density at radius 2 is 0.909 bits per heavy atom. The molecular formula is C19H43BrN2. The minimum Gasteiger partial charge on any atom is -1.00 e. The van der Waals surface area contributed by atoms with Crippen LogP contribution >= 0.6 is 0 Å². The van der Waals surface area contributed by atoms with Gasteiger partial charge in [-0.2, -0.15) is 0 Å². The lowest BCUT2D eigenvalue weighted by Crippen LogP contribution is -3.00. The molecule has 3 heteroatoms. The second-order valence-corrected chi connectivity index (χ2v) is 7.44. The van der Waals surface area contributed by atoms with Gasteiger partial charge in [-0.3, -0.25) is 5.73 Å². The predicted octanol–water partition coefficient (Wildman–Crippen LogP) is 2.46. The Hall–Kier alpha value is 0.400. The second-order valence-electron chi connectivity index (χ2n) is 7.44. The third kappa shape index (κ3) is 18.4. The van der Waals surface area contributed by atoms with Crippen LogP contribution in [0.15, 0.2) is 0 Å². The van der Waals surface area contributed by atoms with Gasteiger partial charge in [-0.05, 0) is 12.8 Å². The van der Waals surface area contributed by atoms with Crippen LogP contribution in [0.5, 0.6) is 0 Å². The molecule has 2 N–H and O–H groups in total. The Morgan fingerprint density at radius 3 is 1.23 bits per heavy atom. The summed E-state index contributed by atoms with van der Waals surface area (Å²) in [5.74, 6) is 0. The monoisotopic (exact) mass is 378 g/mol. The van der Waals surface area contributed by atoms with Gasteiger partial charge < -0.3 is 21.5 Å². The van der Waals surface area contributed by atoms with Crippen molar-refractivity contribution in [1.29, 1.82) is 0 Å². The molecule has 0 saturated carbocycles. The predicted molar refractivity (Wildman–Crippen MR) is 96.3 cm³/mol. The lowest BCUT2D eigenvalue weighted by atomic mass is 10.0. The molecule has 0 aliphatic carbocycles. The van der Waals surface area contributed by atoms with Gasteiger partial charge in [-0.1, -0.05) is 84.0 Å². The molecule has 2 nitrogen and oxygen atoms in total. The number of nitrogens with zero attached hydrogens (tertiary/aromatic N) is 1. The van der Waals surface area contributed by atoms with Gasteiger partial charge in [0.2, 0.25) is 0 Å². The van der Waals surface area contributed by atoms with Crippen LogP contribution in [0.1, 0.15) is 96.8 Å². The normalized spacial score (nSPS) is 11.5. The Labute approximate surface area is 151 Å². The SMILES string of the molecule is CCCCCCCCCCCCCCCC[N+](C)(C)CN.[Br-]. The van der Waals surface area contributed by atoms with E-state index < -0.39 is 0 Å². The fraction of sp³-hybridized carbons (Fsp3) is 1.00. The van der Waals surface area contributed by atoms with E-state index >= 15 is 0 Å². The fourth-order valence-electron chi connectivity index (χ4n) is 2.83. The van der Waals surface area contributed by atoms with Crippen LogP contribution in [0.4, 0.5) is 0 Å². The number of halogens is 1. The van der Waals surface area contributed by atoms with Crippen molar-refractivity contribution in [2.75, 3.05) is 27.3 Å². The lowest BCUT2D eigenvalue weighted by Gasteiger charge is -2.27. The topological polar surface area (TPSA) is 26.0 Å². The van der Waals surface area contributed by atoms with Gasteiger partial charge >= 0.3 is 0 Å². The van der Waals surface area contributed by atoms with E-state index in [0.717, 1.165) is 11.2 Å². The zero-order valence-corrected chi connectivity index (χ0v) is 17.3. The van der Waals surface area contributed by atoms with Crippen molar-refractivity contribution >= 4 is 0 Å². The van der Waals surface area contributed by atoms with Gasteiger partial charge in [0.1, 0.15) is 6.67 Å². The molecule has 0 unspecified atom stereocenters. The molecule has 0 heterocycles. The summed E-state index contributed by atoms with van der Waals surface area (Å²) in [6.07, 6.45) is 20.1. The Bertz CT molecular complexity index is 208. The highest BCUT2D eigenvalue weighted by Crippen LogP contribution is 2.13. The molecule has 0 aliphatic rings. The maximum Gasteiger partial charge on any atom is 0.129 e. The molecule has 0 aromatic carbocycles. The van der Waals surface area contributed by atoms with E-state index in [1.807, 2.05) is 0 Å². The summed E-state index contributed by atoms with van der Waals surface area (Å²) in [6.45, 7) is 4.28. The number of nitrogens with two attached hydrogens (primary N) is 1. The highest BCUT2D eigenvalue weighted by Gasteiger charge is 2.10. The molecule has 0 radical (unpaired) electrons. The molecule has 0 aromatic heterocycles. The van der Waals surface area contributed by atoms with Crippen LogP contribution in [0.3, 0.4) is 0 Å². The standard InChI is InChI=1S/C19H43N2.BrH/c1-4-5-6-7-8-9-10-11-12-13-14-15-16-17-18-21(2,3)19-20;/h4-20H2,1-3H3;1H/q+1;/p-1.